The van der Waals surface area contributed by atoms with Crippen molar-refractivity contribution >= 4 is 22.6 Å². The summed E-state index contributed by atoms with van der Waals surface area (Å²) < 4.78 is 33.9. The molecule has 1 aromatic heterocycles. The van der Waals surface area contributed by atoms with Crippen molar-refractivity contribution in [2.24, 2.45) is 0 Å². The average Bonchev–Trinajstić information content (AvgIpc) is 3.06. The van der Waals surface area contributed by atoms with E-state index in [2.05, 4.69) is 10.3 Å². The highest BCUT2D eigenvalue weighted by atomic mass is 19.2. The third kappa shape index (κ3) is 3.83. The van der Waals surface area contributed by atoms with Crippen molar-refractivity contribution in [1.29, 1.82) is 0 Å². The van der Waals surface area contributed by atoms with Crippen LogP contribution < -0.4 is 10.1 Å². The second kappa shape index (κ2) is 7.48. The largest absolute Gasteiger partial charge is 0.457 e. The second-order valence-corrected chi connectivity index (χ2v) is 6.12. The molecule has 0 saturated carbocycles. The molecule has 0 unspecified atom stereocenters. The number of anilines is 1. The number of carbonyl (C=O) groups excluding carboxylic acids is 1. The molecule has 5 nitrogen and oxygen atoms in total. The van der Waals surface area contributed by atoms with E-state index >= 15 is 0 Å². The van der Waals surface area contributed by atoms with E-state index < -0.39 is 11.6 Å². The molecule has 0 spiro atoms. The fourth-order valence-corrected chi connectivity index (χ4v) is 2.77. The van der Waals surface area contributed by atoms with Crippen LogP contribution in [0.1, 0.15) is 0 Å². The van der Waals surface area contributed by atoms with Gasteiger partial charge in [0.05, 0.1) is 17.4 Å². The van der Waals surface area contributed by atoms with E-state index in [0.29, 0.717) is 17.0 Å². The number of hydrogen-bond acceptors (Lipinski definition) is 3. The van der Waals surface area contributed by atoms with Gasteiger partial charge >= 0.3 is 0 Å². The lowest BCUT2D eigenvalue weighted by molar-refractivity contribution is -0.116. The quantitative estimate of drug-likeness (QED) is 0.545. The van der Waals surface area contributed by atoms with Crippen LogP contribution in [0.5, 0.6) is 11.5 Å². The van der Waals surface area contributed by atoms with Crippen LogP contribution in [0, 0.1) is 11.6 Å². The van der Waals surface area contributed by atoms with Gasteiger partial charge in [-0.3, -0.25) is 4.79 Å². The van der Waals surface area contributed by atoms with Crippen LogP contribution in [0.4, 0.5) is 14.5 Å². The molecule has 1 amide bonds. The summed E-state index contributed by atoms with van der Waals surface area (Å²) in [7, 11) is 0. The fraction of sp³-hybridized carbons (Fsp3) is 0.0476. The molecule has 1 heterocycles. The maximum atomic E-state index is 13.5. The van der Waals surface area contributed by atoms with E-state index in [9.17, 15) is 13.6 Å². The number of fused-ring (bicyclic) bond motifs is 1. The summed E-state index contributed by atoms with van der Waals surface area (Å²) in [6.07, 6.45) is 1.37. The molecule has 0 saturated heterocycles. The van der Waals surface area contributed by atoms with Crippen molar-refractivity contribution in [2.45, 2.75) is 6.54 Å². The number of imidazole rings is 1. The number of nitrogens with zero attached hydrogens (tertiary/aromatic N) is 2. The summed E-state index contributed by atoms with van der Waals surface area (Å²) in [5.74, 6) is -0.915. The zero-order valence-corrected chi connectivity index (χ0v) is 14.6. The highest BCUT2D eigenvalue weighted by Gasteiger charge is 2.11. The normalized spacial score (nSPS) is 10.8. The number of nitrogens with one attached hydrogen (secondary N) is 1. The van der Waals surface area contributed by atoms with Gasteiger partial charge in [-0.2, -0.15) is 0 Å². The van der Waals surface area contributed by atoms with Crippen molar-refractivity contribution in [1.82, 2.24) is 9.55 Å². The SMILES string of the molecule is O=C(Cn1cnc2cc(F)c(F)cc21)Nc1ccc(Oc2ccccc2)cc1. The Balaban J connectivity index is 1.42. The van der Waals surface area contributed by atoms with Crippen LogP contribution in [0.25, 0.3) is 11.0 Å². The van der Waals surface area contributed by atoms with Gasteiger partial charge in [0.2, 0.25) is 5.91 Å². The summed E-state index contributed by atoms with van der Waals surface area (Å²) in [4.78, 5) is 16.3. The number of halogens is 2. The summed E-state index contributed by atoms with van der Waals surface area (Å²) in [6, 6.07) is 18.3. The van der Waals surface area contributed by atoms with Gasteiger partial charge in [-0.25, -0.2) is 13.8 Å². The first-order valence-corrected chi connectivity index (χ1v) is 8.51. The Kier molecular flexibility index (Phi) is 4.72. The van der Waals surface area contributed by atoms with Crippen LogP contribution in [-0.2, 0) is 11.3 Å². The number of carbonyl (C=O) groups is 1. The summed E-state index contributed by atoms with van der Waals surface area (Å²) >= 11 is 0. The van der Waals surface area contributed by atoms with E-state index in [1.165, 1.54) is 10.9 Å². The van der Waals surface area contributed by atoms with E-state index in [1.54, 1.807) is 24.3 Å². The molecule has 0 aliphatic carbocycles. The zero-order valence-electron chi connectivity index (χ0n) is 14.6. The minimum Gasteiger partial charge on any atom is -0.457 e. The van der Waals surface area contributed by atoms with Crippen molar-refractivity contribution < 1.29 is 18.3 Å². The summed E-state index contributed by atoms with van der Waals surface area (Å²) in [5, 5.41) is 2.75. The monoisotopic (exact) mass is 379 g/mol. The van der Waals surface area contributed by atoms with Gasteiger partial charge in [-0.15, -0.1) is 0 Å². The molecule has 0 bridgehead atoms. The fourth-order valence-electron chi connectivity index (χ4n) is 2.77. The Hall–Kier alpha value is -3.74. The van der Waals surface area contributed by atoms with Crippen LogP contribution in [-0.4, -0.2) is 15.5 Å². The second-order valence-electron chi connectivity index (χ2n) is 6.12. The molecular weight excluding hydrogens is 364 g/mol. The Labute approximate surface area is 159 Å². The zero-order chi connectivity index (χ0) is 19.5. The highest BCUT2D eigenvalue weighted by molar-refractivity contribution is 5.91. The van der Waals surface area contributed by atoms with Gasteiger partial charge in [0.25, 0.3) is 0 Å². The Morgan fingerprint density at radius 1 is 0.964 bits per heavy atom. The lowest BCUT2D eigenvalue weighted by Gasteiger charge is -2.09. The molecule has 3 aromatic carbocycles. The molecule has 0 atom stereocenters. The molecule has 0 aliphatic rings. The number of aromatic nitrogens is 2. The first-order chi connectivity index (χ1) is 13.6. The van der Waals surface area contributed by atoms with Crippen molar-refractivity contribution in [3.63, 3.8) is 0 Å². The van der Waals surface area contributed by atoms with Crippen LogP contribution in [0.15, 0.2) is 73.1 Å². The van der Waals surface area contributed by atoms with Crippen LogP contribution >= 0.6 is 0 Å². The number of amides is 1. The van der Waals surface area contributed by atoms with Crippen molar-refractivity contribution in [3.8, 4) is 11.5 Å². The molecular formula is C21H15F2N3O2. The number of rotatable bonds is 5. The minimum atomic E-state index is -0.983. The van der Waals surface area contributed by atoms with Crippen LogP contribution in [0.3, 0.4) is 0 Å². The molecule has 0 fully saturated rings. The topological polar surface area (TPSA) is 56.2 Å². The van der Waals surface area contributed by atoms with Gasteiger partial charge < -0.3 is 14.6 Å². The summed E-state index contributed by atoms with van der Waals surface area (Å²) in [5.41, 5.74) is 1.22. The Bertz CT molecular complexity index is 1130. The lowest BCUT2D eigenvalue weighted by atomic mass is 10.3. The standard InChI is InChI=1S/C21H15F2N3O2/c22-17-10-19-20(11-18(17)23)26(13-24-19)12-21(27)25-14-6-8-16(9-7-14)28-15-4-2-1-3-5-15/h1-11,13H,12H2,(H,25,27). The van der Waals surface area contributed by atoms with E-state index in [-0.39, 0.29) is 18.0 Å². The molecule has 0 aliphatic heterocycles. The number of hydrogen-bond donors (Lipinski definition) is 1. The van der Waals surface area contributed by atoms with Gasteiger partial charge in [0, 0.05) is 17.8 Å². The van der Waals surface area contributed by atoms with E-state index in [4.69, 9.17) is 4.74 Å². The number of para-hydroxylation sites is 1. The molecule has 0 radical (unpaired) electrons. The maximum absolute atomic E-state index is 13.5. The van der Waals surface area contributed by atoms with E-state index in [0.717, 1.165) is 17.9 Å². The number of ether oxygens (including phenoxy) is 1. The minimum absolute atomic E-state index is 0.0795. The lowest BCUT2D eigenvalue weighted by Crippen LogP contribution is -2.18. The maximum Gasteiger partial charge on any atom is 0.244 e. The predicted molar refractivity (Wildman–Crippen MR) is 101 cm³/mol. The molecule has 4 rings (SSSR count). The molecule has 4 aromatic rings. The molecule has 7 heteroatoms. The molecule has 28 heavy (non-hydrogen) atoms. The summed E-state index contributed by atoms with van der Waals surface area (Å²) in [6.45, 7) is -0.0795. The van der Waals surface area contributed by atoms with Crippen LogP contribution in [0.2, 0.25) is 0 Å². The first kappa shape index (κ1) is 17.7. The highest BCUT2D eigenvalue weighted by Crippen LogP contribution is 2.23. The van der Waals surface area contributed by atoms with Crippen molar-refractivity contribution in [2.75, 3.05) is 5.32 Å². The van der Waals surface area contributed by atoms with Crippen molar-refractivity contribution in [3.05, 3.63) is 84.7 Å². The average molecular weight is 379 g/mol. The molecule has 140 valence electrons. The Morgan fingerprint density at radius 3 is 2.39 bits per heavy atom. The number of benzene rings is 3. The Morgan fingerprint density at radius 2 is 1.64 bits per heavy atom. The molecule has 1 N–H and O–H groups in total. The first-order valence-electron chi connectivity index (χ1n) is 8.51. The van der Waals surface area contributed by atoms with Gasteiger partial charge in [-0.05, 0) is 36.4 Å². The third-order valence-corrected chi connectivity index (χ3v) is 4.09. The van der Waals surface area contributed by atoms with Gasteiger partial charge in [0.15, 0.2) is 11.6 Å². The third-order valence-electron chi connectivity index (χ3n) is 4.09. The smallest absolute Gasteiger partial charge is 0.244 e. The van der Waals surface area contributed by atoms with E-state index in [1.807, 2.05) is 30.3 Å². The van der Waals surface area contributed by atoms with Gasteiger partial charge in [-0.1, -0.05) is 18.2 Å². The predicted octanol–water partition coefficient (Wildman–Crippen LogP) is 4.75. The van der Waals surface area contributed by atoms with Gasteiger partial charge in [0.1, 0.15) is 18.0 Å².